The van der Waals surface area contributed by atoms with Crippen LogP contribution in [0.4, 0.5) is 0 Å². The maximum Gasteiger partial charge on any atom is 0.325 e. The van der Waals surface area contributed by atoms with Gasteiger partial charge in [0.05, 0.1) is 42.2 Å². The van der Waals surface area contributed by atoms with Gasteiger partial charge < -0.3 is 18.8 Å². The fourth-order valence-electron chi connectivity index (χ4n) is 3.09. The van der Waals surface area contributed by atoms with Crippen LogP contribution in [0.1, 0.15) is 12.8 Å². The highest BCUT2D eigenvalue weighted by Crippen LogP contribution is 2.23. The Morgan fingerprint density at radius 1 is 1.00 bits per heavy atom. The fraction of sp³-hybridized carbons (Fsp3) is 0.318. The monoisotopic (exact) mass is 492 g/mol. The second kappa shape index (κ2) is 10.6. The fourth-order valence-corrected chi connectivity index (χ4v) is 5.48. The van der Waals surface area contributed by atoms with Crippen molar-refractivity contribution in [2.45, 2.75) is 24.3 Å². The lowest BCUT2D eigenvalue weighted by Gasteiger charge is -2.05. The summed E-state index contributed by atoms with van der Waals surface area (Å²) in [6.07, 6.45) is 0.0671. The van der Waals surface area contributed by atoms with Gasteiger partial charge in [-0.3, -0.25) is 9.59 Å². The Labute approximate surface area is 195 Å². The van der Waals surface area contributed by atoms with E-state index in [0.29, 0.717) is 21.8 Å². The van der Waals surface area contributed by atoms with Gasteiger partial charge in [0.2, 0.25) is 5.91 Å². The molecule has 0 unspecified atom stereocenters. The minimum Gasteiger partial charge on any atom is -0.497 e. The van der Waals surface area contributed by atoms with Crippen molar-refractivity contribution >= 4 is 43.3 Å². The highest BCUT2D eigenvalue weighted by atomic mass is 32.2. The Bertz CT molecular complexity index is 1320. The third-order valence-corrected chi connectivity index (χ3v) is 7.71. The predicted molar refractivity (Wildman–Crippen MR) is 123 cm³/mol. The number of esters is 1. The van der Waals surface area contributed by atoms with Gasteiger partial charge in [-0.25, -0.2) is 8.42 Å². The SMILES string of the molecule is COC(=O)Cn1c(=NC(=O)CCCS(=O)(=O)c2ccc(OC)cc2)sc2cc(OC)ccc21. The summed E-state index contributed by atoms with van der Waals surface area (Å²) in [6, 6.07) is 11.4. The number of aromatic nitrogens is 1. The summed E-state index contributed by atoms with van der Waals surface area (Å²) in [5.74, 6) is 0.0496. The van der Waals surface area contributed by atoms with Crippen LogP contribution in [0.15, 0.2) is 52.4 Å². The maximum absolute atomic E-state index is 12.5. The molecule has 0 aliphatic heterocycles. The van der Waals surface area contributed by atoms with E-state index in [1.165, 1.54) is 37.7 Å². The molecule has 0 spiro atoms. The second-order valence-electron chi connectivity index (χ2n) is 6.98. The van der Waals surface area contributed by atoms with Crippen molar-refractivity contribution in [1.29, 1.82) is 0 Å². The first-order valence-corrected chi connectivity index (χ1v) is 12.4. The quantitative estimate of drug-likeness (QED) is 0.422. The normalized spacial score (nSPS) is 12.0. The van der Waals surface area contributed by atoms with Crippen molar-refractivity contribution in [3.05, 3.63) is 47.3 Å². The van der Waals surface area contributed by atoms with Gasteiger partial charge in [0.15, 0.2) is 14.6 Å². The lowest BCUT2D eigenvalue weighted by Crippen LogP contribution is -2.22. The number of fused-ring (bicyclic) bond motifs is 1. The number of amides is 1. The van der Waals surface area contributed by atoms with E-state index in [2.05, 4.69) is 4.99 Å². The molecule has 0 fully saturated rings. The Kier molecular flexibility index (Phi) is 7.88. The first-order valence-electron chi connectivity index (χ1n) is 9.96. The first kappa shape index (κ1) is 24.5. The average molecular weight is 493 g/mol. The molecular weight excluding hydrogens is 468 g/mol. The number of carbonyl (C=O) groups excluding carboxylic acids is 2. The van der Waals surface area contributed by atoms with Crippen molar-refractivity contribution in [3.8, 4) is 11.5 Å². The minimum absolute atomic E-state index is 0.0504. The third-order valence-electron chi connectivity index (χ3n) is 4.85. The highest BCUT2D eigenvalue weighted by Gasteiger charge is 2.16. The van der Waals surface area contributed by atoms with Gasteiger partial charge in [0, 0.05) is 6.42 Å². The van der Waals surface area contributed by atoms with Gasteiger partial charge in [-0.15, -0.1) is 0 Å². The van der Waals surface area contributed by atoms with Crippen LogP contribution >= 0.6 is 11.3 Å². The molecule has 2 aromatic carbocycles. The van der Waals surface area contributed by atoms with Crippen LogP contribution in [0.5, 0.6) is 11.5 Å². The van der Waals surface area contributed by atoms with Crippen molar-refractivity contribution in [3.63, 3.8) is 0 Å². The Morgan fingerprint density at radius 2 is 1.67 bits per heavy atom. The van der Waals surface area contributed by atoms with Crippen molar-refractivity contribution in [1.82, 2.24) is 4.57 Å². The number of hydrogen-bond donors (Lipinski definition) is 0. The number of methoxy groups -OCH3 is 3. The molecule has 33 heavy (non-hydrogen) atoms. The zero-order chi connectivity index (χ0) is 24.0. The number of nitrogens with zero attached hydrogens (tertiary/aromatic N) is 2. The van der Waals surface area contributed by atoms with E-state index in [9.17, 15) is 18.0 Å². The van der Waals surface area contributed by atoms with Crippen LogP contribution in [0.25, 0.3) is 10.2 Å². The Morgan fingerprint density at radius 3 is 2.30 bits per heavy atom. The molecule has 0 saturated carbocycles. The van der Waals surface area contributed by atoms with Gasteiger partial charge in [-0.1, -0.05) is 11.3 Å². The number of thiazole rings is 1. The minimum atomic E-state index is -3.54. The zero-order valence-electron chi connectivity index (χ0n) is 18.4. The highest BCUT2D eigenvalue weighted by molar-refractivity contribution is 7.91. The molecule has 11 heteroatoms. The summed E-state index contributed by atoms with van der Waals surface area (Å²) < 4.78 is 42.4. The molecule has 9 nitrogen and oxygen atoms in total. The molecule has 176 valence electrons. The summed E-state index contributed by atoms with van der Waals surface area (Å²) in [5, 5.41) is 0. The van der Waals surface area contributed by atoms with E-state index in [4.69, 9.17) is 14.2 Å². The summed E-state index contributed by atoms with van der Waals surface area (Å²) in [4.78, 5) is 29.0. The third kappa shape index (κ3) is 5.99. The molecule has 0 N–H and O–H groups in total. The van der Waals surface area contributed by atoms with Crippen LogP contribution in [0.2, 0.25) is 0 Å². The van der Waals surface area contributed by atoms with E-state index in [1.807, 2.05) is 0 Å². The van der Waals surface area contributed by atoms with Crippen LogP contribution < -0.4 is 14.3 Å². The first-order chi connectivity index (χ1) is 15.8. The van der Waals surface area contributed by atoms with Crippen molar-refractivity contribution in [2.24, 2.45) is 4.99 Å². The summed E-state index contributed by atoms with van der Waals surface area (Å²) in [5.41, 5.74) is 0.708. The molecule has 1 aromatic heterocycles. The van der Waals surface area contributed by atoms with Gasteiger partial charge >= 0.3 is 5.97 Å². The van der Waals surface area contributed by atoms with Gasteiger partial charge in [0.25, 0.3) is 0 Å². The molecular formula is C22H24N2O7S2. The molecule has 1 amide bonds. The van der Waals surface area contributed by atoms with Gasteiger partial charge in [-0.05, 0) is 48.9 Å². The summed E-state index contributed by atoms with van der Waals surface area (Å²) in [6.45, 7) is -0.110. The number of sulfone groups is 1. The predicted octanol–water partition coefficient (Wildman–Crippen LogP) is 2.57. The average Bonchev–Trinajstić information content (AvgIpc) is 3.14. The number of carbonyl (C=O) groups is 2. The molecule has 0 bridgehead atoms. The van der Waals surface area contributed by atoms with E-state index in [0.717, 1.165) is 4.70 Å². The molecule has 3 rings (SSSR count). The van der Waals surface area contributed by atoms with E-state index < -0.39 is 21.7 Å². The molecule has 0 radical (unpaired) electrons. The van der Waals surface area contributed by atoms with E-state index in [-0.39, 0.29) is 30.0 Å². The van der Waals surface area contributed by atoms with Crippen LogP contribution in [0, 0.1) is 0 Å². The number of rotatable bonds is 9. The number of hydrogen-bond acceptors (Lipinski definition) is 8. The van der Waals surface area contributed by atoms with Crippen LogP contribution in [-0.2, 0) is 30.7 Å². The summed E-state index contributed by atoms with van der Waals surface area (Å²) >= 11 is 1.23. The lowest BCUT2D eigenvalue weighted by atomic mass is 10.3. The van der Waals surface area contributed by atoms with Crippen LogP contribution in [-0.4, -0.2) is 51.9 Å². The van der Waals surface area contributed by atoms with Crippen molar-refractivity contribution < 1.29 is 32.2 Å². The maximum atomic E-state index is 12.5. The molecule has 1 heterocycles. The van der Waals surface area contributed by atoms with Crippen molar-refractivity contribution in [2.75, 3.05) is 27.1 Å². The summed E-state index contributed by atoms with van der Waals surface area (Å²) in [7, 11) is 0.795. The molecule has 0 saturated heterocycles. The smallest absolute Gasteiger partial charge is 0.325 e. The number of benzene rings is 2. The standard InChI is InChI=1S/C22H24N2O7S2/c1-29-15-6-9-17(10-7-15)33(27,28)12-4-5-20(25)23-22-24(14-21(26)31-3)18-11-8-16(30-2)13-19(18)32-22/h6-11,13H,4-5,12,14H2,1-3H3. The van der Waals surface area contributed by atoms with E-state index in [1.54, 1.807) is 42.0 Å². The van der Waals surface area contributed by atoms with Gasteiger partial charge in [0.1, 0.15) is 18.0 Å². The topological polar surface area (TPSA) is 113 Å². The Balaban J connectivity index is 1.77. The largest absolute Gasteiger partial charge is 0.497 e. The second-order valence-corrected chi connectivity index (χ2v) is 10.1. The number of ether oxygens (including phenoxy) is 3. The molecule has 3 aromatic rings. The molecule has 0 aliphatic rings. The molecule has 0 atom stereocenters. The van der Waals surface area contributed by atoms with E-state index >= 15 is 0 Å². The Hall–Kier alpha value is -3.18. The van der Waals surface area contributed by atoms with Gasteiger partial charge in [-0.2, -0.15) is 4.99 Å². The van der Waals surface area contributed by atoms with Crippen LogP contribution in [0.3, 0.4) is 0 Å². The molecule has 0 aliphatic carbocycles. The lowest BCUT2D eigenvalue weighted by molar-refractivity contribution is -0.141. The zero-order valence-corrected chi connectivity index (χ0v) is 20.1.